The quantitative estimate of drug-likeness (QED) is 0.342. The van der Waals surface area contributed by atoms with Crippen molar-refractivity contribution in [2.75, 3.05) is 7.11 Å². The van der Waals surface area contributed by atoms with Gasteiger partial charge in [-0.25, -0.2) is 4.79 Å². The Morgan fingerprint density at radius 2 is 1.70 bits per heavy atom. The highest BCUT2D eigenvalue weighted by Gasteiger charge is 2.60. The molecule has 10 atom stereocenters. The Hall–Kier alpha value is -2.08. The van der Waals surface area contributed by atoms with E-state index in [-0.39, 0.29) is 17.8 Å². The predicted molar refractivity (Wildman–Crippen MR) is 155 cm³/mol. The summed E-state index contributed by atoms with van der Waals surface area (Å²) in [5, 5.41) is 22.8. The lowest BCUT2D eigenvalue weighted by Gasteiger charge is -2.61. The van der Waals surface area contributed by atoms with E-state index in [0.29, 0.717) is 41.4 Å². The maximum absolute atomic E-state index is 13.0. The van der Waals surface area contributed by atoms with Crippen LogP contribution in [-0.2, 0) is 20.7 Å². The molecule has 0 heterocycles. The van der Waals surface area contributed by atoms with E-state index in [4.69, 9.17) is 4.74 Å². The fourth-order valence-electron chi connectivity index (χ4n) is 10.2. The van der Waals surface area contributed by atoms with Crippen LogP contribution in [0.25, 0.3) is 0 Å². The molecule has 4 fully saturated rings. The SMILES string of the molecule is COC(=O)[C@H](Cc1ccc(O)cc1)NC(=O)CC[C@@H](C)[C@H]1CC[C@H]2[C@@H]3CC[C@@H]4C[C@H](O)CC[C@]4(C)[C@H]3CC[C@]12C. The van der Waals surface area contributed by atoms with Gasteiger partial charge in [0.05, 0.1) is 13.2 Å². The summed E-state index contributed by atoms with van der Waals surface area (Å²) in [5.41, 5.74) is 1.61. The van der Waals surface area contributed by atoms with Gasteiger partial charge in [0.25, 0.3) is 0 Å². The molecule has 6 nitrogen and oxygen atoms in total. The van der Waals surface area contributed by atoms with Gasteiger partial charge in [0.2, 0.25) is 5.91 Å². The summed E-state index contributed by atoms with van der Waals surface area (Å²) in [5.74, 6) is 3.82. The summed E-state index contributed by atoms with van der Waals surface area (Å²) in [6, 6.07) is 5.95. The number of aliphatic hydroxyl groups is 1. The maximum Gasteiger partial charge on any atom is 0.328 e. The first-order valence-corrected chi connectivity index (χ1v) is 15.9. The molecule has 5 rings (SSSR count). The molecule has 1 aromatic rings. The molecule has 3 N–H and O–H groups in total. The van der Waals surface area contributed by atoms with E-state index in [1.165, 1.54) is 52.1 Å². The Kier molecular flexibility index (Phi) is 8.57. The smallest absolute Gasteiger partial charge is 0.328 e. The lowest BCUT2D eigenvalue weighted by molar-refractivity contribution is -0.145. The van der Waals surface area contributed by atoms with Gasteiger partial charge in [0.15, 0.2) is 0 Å². The number of phenolic OH excluding ortho intramolecular Hbond substituents is 1. The van der Waals surface area contributed by atoms with Crippen LogP contribution >= 0.6 is 0 Å². The summed E-state index contributed by atoms with van der Waals surface area (Å²) < 4.78 is 4.96. The van der Waals surface area contributed by atoms with Gasteiger partial charge in [-0.3, -0.25) is 4.79 Å². The number of rotatable bonds is 8. The van der Waals surface area contributed by atoms with Crippen molar-refractivity contribution >= 4 is 11.9 Å². The van der Waals surface area contributed by atoms with Gasteiger partial charge in [-0.15, -0.1) is 0 Å². The number of benzene rings is 1. The number of aromatic hydroxyl groups is 1. The monoisotopic (exact) mass is 553 g/mol. The van der Waals surface area contributed by atoms with Crippen LogP contribution in [0, 0.1) is 46.3 Å². The number of hydrogen-bond acceptors (Lipinski definition) is 5. The van der Waals surface area contributed by atoms with Crippen molar-refractivity contribution in [1.29, 1.82) is 0 Å². The van der Waals surface area contributed by atoms with Crippen LogP contribution in [-0.4, -0.2) is 41.3 Å². The van der Waals surface area contributed by atoms with Crippen LogP contribution in [0.5, 0.6) is 5.75 Å². The number of amides is 1. The molecule has 222 valence electrons. The third-order valence-corrected chi connectivity index (χ3v) is 12.4. The maximum atomic E-state index is 13.0. The number of phenols is 1. The van der Waals surface area contributed by atoms with E-state index >= 15 is 0 Å². The van der Waals surface area contributed by atoms with E-state index in [9.17, 15) is 19.8 Å². The van der Waals surface area contributed by atoms with E-state index < -0.39 is 12.0 Å². The minimum atomic E-state index is -0.738. The van der Waals surface area contributed by atoms with Crippen molar-refractivity contribution in [2.45, 2.75) is 110 Å². The molecule has 0 radical (unpaired) electrons. The molecule has 0 bridgehead atoms. The fraction of sp³-hybridized carbons (Fsp3) is 0.765. The summed E-state index contributed by atoms with van der Waals surface area (Å²) >= 11 is 0. The Labute approximate surface area is 240 Å². The molecule has 40 heavy (non-hydrogen) atoms. The fourth-order valence-corrected chi connectivity index (χ4v) is 10.2. The molecular weight excluding hydrogens is 502 g/mol. The number of hydrogen-bond donors (Lipinski definition) is 3. The minimum absolute atomic E-state index is 0.0897. The number of carbonyl (C=O) groups excluding carboxylic acids is 2. The Morgan fingerprint density at radius 3 is 2.42 bits per heavy atom. The second kappa shape index (κ2) is 11.7. The molecule has 0 aromatic heterocycles. The highest BCUT2D eigenvalue weighted by Crippen LogP contribution is 2.68. The second-order valence-electron chi connectivity index (χ2n) is 14.3. The summed E-state index contributed by atoms with van der Waals surface area (Å²) in [4.78, 5) is 25.4. The Morgan fingerprint density at radius 1 is 1.00 bits per heavy atom. The zero-order valence-corrected chi connectivity index (χ0v) is 25.0. The number of aliphatic hydroxyl groups excluding tert-OH is 1. The number of nitrogens with one attached hydrogen (secondary N) is 1. The average molecular weight is 554 g/mol. The molecule has 0 unspecified atom stereocenters. The first-order valence-electron chi connectivity index (χ1n) is 15.9. The van der Waals surface area contributed by atoms with Gasteiger partial charge in [-0.2, -0.15) is 0 Å². The Bertz CT molecular complexity index is 1060. The molecule has 1 aromatic carbocycles. The first kappa shape index (κ1) is 29.4. The average Bonchev–Trinajstić information content (AvgIpc) is 3.29. The van der Waals surface area contributed by atoms with Gasteiger partial charge in [0.1, 0.15) is 11.8 Å². The summed E-state index contributed by atoms with van der Waals surface area (Å²) in [6.45, 7) is 7.46. The van der Waals surface area contributed by atoms with Gasteiger partial charge in [-0.1, -0.05) is 32.9 Å². The molecule has 6 heteroatoms. The van der Waals surface area contributed by atoms with Gasteiger partial charge in [0, 0.05) is 12.8 Å². The molecule has 4 saturated carbocycles. The first-order chi connectivity index (χ1) is 19.0. The third kappa shape index (κ3) is 5.54. The number of methoxy groups -OCH3 is 1. The lowest BCUT2D eigenvalue weighted by atomic mass is 9.44. The molecule has 0 saturated heterocycles. The summed E-state index contributed by atoms with van der Waals surface area (Å²) in [6.07, 6.45) is 12.5. The van der Waals surface area contributed by atoms with Crippen molar-refractivity contribution in [2.24, 2.45) is 46.3 Å². The van der Waals surface area contributed by atoms with Crippen LogP contribution in [0.1, 0.15) is 97.0 Å². The molecule has 4 aliphatic carbocycles. The third-order valence-electron chi connectivity index (χ3n) is 12.4. The van der Waals surface area contributed by atoms with Crippen molar-refractivity contribution in [3.63, 3.8) is 0 Å². The van der Waals surface area contributed by atoms with Crippen LogP contribution in [0.3, 0.4) is 0 Å². The topological polar surface area (TPSA) is 95.9 Å². The normalized spacial score (nSPS) is 38.3. The molecule has 1 amide bonds. The van der Waals surface area contributed by atoms with Crippen molar-refractivity contribution in [3.05, 3.63) is 29.8 Å². The molecule has 0 aliphatic heterocycles. The van der Waals surface area contributed by atoms with Gasteiger partial charge < -0.3 is 20.3 Å². The molecule has 0 spiro atoms. The zero-order valence-electron chi connectivity index (χ0n) is 25.0. The second-order valence-corrected chi connectivity index (χ2v) is 14.3. The number of esters is 1. The number of fused-ring (bicyclic) bond motifs is 5. The number of ether oxygens (including phenoxy) is 1. The summed E-state index contributed by atoms with van der Waals surface area (Å²) in [7, 11) is 1.34. The van der Waals surface area contributed by atoms with Crippen molar-refractivity contribution < 1.29 is 24.5 Å². The molecule has 4 aliphatic rings. The van der Waals surface area contributed by atoms with Crippen LogP contribution < -0.4 is 5.32 Å². The van der Waals surface area contributed by atoms with E-state index in [1.54, 1.807) is 24.3 Å². The van der Waals surface area contributed by atoms with Crippen molar-refractivity contribution in [3.8, 4) is 5.75 Å². The van der Waals surface area contributed by atoms with E-state index in [2.05, 4.69) is 26.1 Å². The highest BCUT2D eigenvalue weighted by molar-refractivity contribution is 5.84. The minimum Gasteiger partial charge on any atom is -0.508 e. The van der Waals surface area contributed by atoms with Crippen LogP contribution in [0.4, 0.5) is 0 Å². The van der Waals surface area contributed by atoms with Gasteiger partial charge in [-0.05, 0) is 128 Å². The van der Waals surface area contributed by atoms with Crippen LogP contribution in [0.15, 0.2) is 24.3 Å². The predicted octanol–water partition coefficient (Wildman–Crippen LogP) is 6.03. The van der Waals surface area contributed by atoms with Gasteiger partial charge >= 0.3 is 5.97 Å². The van der Waals surface area contributed by atoms with E-state index in [1.807, 2.05) is 0 Å². The van der Waals surface area contributed by atoms with Crippen LogP contribution in [0.2, 0.25) is 0 Å². The standard InChI is InChI=1S/C34H51NO5/c1-21(5-14-31(38)35-30(32(39)40-4)19-22-6-9-24(36)10-7-22)27-12-13-28-26-11-8-23-20-25(37)15-17-33(23,2)29(26)16-18-34(27,28)3/h6-7,9-10,21,23,25-30,36-37H,5,8,11-20H2,1-4H3,(H,35,38)/t21-,23-,25-,26+,27-,28+,29+,30+,33+,34-/m1/s1. The largest absolute Gasteiger partial charge is 0.508 e. The zero-order chi connectivity index (χ0) is 28.7. The number of carbonyl (C=O) groups is 2. The highest BCUT2D eigenvalue weighted by atomic mass is 16.5. The van der Waals surface area contributed by atoms with E-state index in [0.717, 1.165) is 42.6 Å². The van der Waals surface area contributed by atoms with Crippen molar-refractivity contribution in [1.82, 2.24) is 5.32 Å². The molecular formula is C34H51NO5. The Balaban J connectivity index is 1.18. The lowest BCUT2D eigenvalue weighted by Crippen LogP contribution is -2.54.